The zero-order chi connectivity index (χ0) is 14.5. The van der Waals surface area contributed by atoms with Gasteiger partial charge in [0.25, 0.3) is 5.91 Å². The fourth-order valence-electron chi connectivity index (χ4n) is 2.12. The predicted molar refractivity (Wildman–Crippen MR) is 78.1 cm³/mol. The van der Waals surface area contributed by atoms with E-state index in [1.807, 2.05) is 30.3 Å². The van der Waals surface area contributed by atoms with Crippen molar-refractivity contribution in [2.24, 2.45) is 11.7 Å². The molecule has 0 aliphatic heterocycles. The second kappa shape index (κ2) is 6.39. The molecule has 4 heteroatoms. The highest BCUT2D eigenvalue weighted by molar-refractivity contribution is 5.91. The van der Waals surface area contributed by atoms with Crippen LogP contribution in [0.1, 0.15) is 41.8 Å². The van der Waals surface area contributed by atoms with Crippen LogP contribution < -0.4 is 11.1 Å². The van der Waals surface area contributed by atoms with Crippen LogP contribution in [0.2, 0.25) is 0 Å². The minimum Gasteiger partial charge on any atom is -0.455 e. The summed E-state index contributed by atoms with van der Waals surface area (Å²) in [6.07, 6.45) is 0. The molecule has 0 saturated heterocycles. The van der Waals surface area contributed by atoms with Gasteiger partial charge in [-0.25, -0.2) is 0 Å². The maximum absolute atomic E-state index is 12.2. The fourth-order valence-corrected chi connectivity index (χ4v) is 2.12. The molecule has 1 heterocycles. The van der Waals surface area contributed by atoms with E-state index in [1.165, 1.54) is 0 Å². The van der Waals surface area contributed by atoms with Crippen LogP contribution >= 0.6 is 0 Å². The first-order chi connectivity index (χ1) is 9.61. The molecule has 0 fully saturated rings. The molecule has 3 N–H and O–H groups in total. The lowest BCUT2D eigenvalue weighted by Crippen LogP contribution is -2.31. The molecule has 20 heavy (non-hydrogen) atoms. The molecule has 4 nitrogen and oxygen atoms in total. The van der Waals surface area contributed by atoms with E-state index in [2.05, 4.69) is 19.2 Å². The molecule has 1 aromatic carbocycles. The number of benzene rings is 1. The van der Waals surface area contributed by atoms with Crippen molar-refractivity contribution >= 4 is 5.91 Å². The number of hydrogen-bond donors (Lipinski definition) is 2. The Bertz CT molecular complexity index is 561. The van der Waals surface area contributed by atoms with Gasteiger partial charge in [0.2, 0.25) is 0 Å². The number of rotatable bonds is 5. The third kappa shape index (κ3) is 3.27. The minimum absolute atomic E-state index is 0.0462. The molecule has 0 saturated carbocycles. The number of hydrogen-bond acceptors (Lipinski definition) is 3. The van der Waals surface area contributed by atoms with E-state index in [-0.39, 0.29) is 17.9 Å². The molecule has 1 amide bonds. The largest absolute Gasteiger partial charge is 0.455 e. The summed E-state index contributed by atoms with van der Waals surface area (Å²) in [6.45, 7) is 4.44. The van der Waals surface area contributed by atoms with Gasteiger partial charge in [0.15, 0.2) is 5.76 Å². The van der Waals surface area contributed by atoms with Crippen LogP contribution in [0, 0.1) is 5.92 Å². The number of nitrogens with one attached hydrogen (secondary N) is 1. The highest BCUT2D eigenvalue weighted by atomic mass is 16.4. The highest BCUT2D eigenvalue weighted by Gasteiger charge is 2.20. The van der Waals surface area contributed by atoms with Gasteiger partial charge in [0.1, 0.15) is 5.76 Å². The molecule has 1 aromatic heterocycles. The smallest absolute Gasteiger partial charge is 0.287 e. The second-order valence-electron chi connectivity index (χ2n) is 5.08. The third-order valence-corrected chi connectivity index (χ3v) is 3.20. The van der Waals surface area contributed by atoms with E-state index < -0.39 is 0 Å². The molecule has 0 radical (unpaired) electrons. The average molecular weight is 272 g/mol. The Balaban J connectivity index is 2.14. The highest BCUT2D eigenvalue weighted by Crippen LogP contribution is 2.22. The predicted octanol–water partition coefficient (Wildman–Crippen LogP) is 2.87. The Kier molecular flexibility index (Phi) is 4.58. The van der Waals surface area contributed by atoms with E-state index in [0.717, 1.165) is 5.56 Å². The molecule has 0 aliphatic rings. The maximum Gasteiger partial charge on any atom is 0.287 e. The first kappa shape index (κ1) is 14.3. The maximum atomic E-state index is 12.2. The van der Waals surface area contributed by atoms with Gasteiger partial charge in [-0.15, -0.1) is 0 Å². The topological polar surface area (TPSA) is 68.3 Å². The first-order valence-corrected chi connectivity index (χ1v) is 6.76. The third-order valence-electron chi connectivity index (χ3n) is 3.20. The monoisotopic (exact) mass is 272 g/mol. The Morgan fingerprint density at radius 3 is 2.45 bits per heavy atom. The van der Waals surface area contributed by atoms with Crippen LogP contribution in [-0.2, 0) is 6.54 Å². The van der Waals surface area contributed by atoms with Gasteiger partial charge in [-0.3, -0.25) is 4.79 Å². The van der Waals surface area contributed by atoms with Crippen molar-refractivity contribution in [1.29, 1.82) is 0 Å². The number of amides is 1. The van der Waals surface area contributed by atoms with Crippen LogP contribution in [0.3, 0.4) is 0 Å². The fraction of sp³-hybridized carbons (Fsp3) is 0.312. The van der Waals surface area contributed by atoms with Crippen LogP contribution in [0.25, 0.3) is 0 Å². The number of furan rings is 1. The van der Waals surface area contributed by atoms with Crippen LogP contribution in [0.4, 0.5) is 0 Å². The number of carbonyl (C=O) groups is 1. The molecular formula is C16H20N2O2. The quantitative estimate of drug-likeness (QED) is 0.879. The zero-order valence-electron chi connectivity index (χ0n) is 11.8. The zero-order valence-corrected chi connectivity index (χ0v) is 11.8. The van der Waals surface area contributed by atoms with E-state index in [9.17, 15) is 4.79 Å². The van der Waals surface area contributed by atoms with Crippen LogP contribution in [0.15, 0.2) is 46.9 Å². The summed E-state index contributed by atoms with van der Waals surface area (Å²) in [6, 6.07) is 13.3. The summed E-state index contributed by atoms with van der Waals surface area (Å²) >= 11 is 0. The SMILES string of the molecule is CC(C)C(NC(=O)c1ccc(CN)o1)c1ccccc1. The molecule has 0 spiro atoms. The summed E-state index contributed by atoms with van der Waals surface area (Å²) in [5.74, 6) is 0.973. The van der Waals surface area contributed by atoms with E-state index in [0.29, 0.717) is 18.1 Å². The molecular weight excluding hydrogens is 252 g/mol. The molecule has 2 rings (SSSR count). The van der Waals surface area contributed by atoms with Gasteiger partial charge in [-0.05, 0) is 23.6 Å². The van der Waals surface area contributed by atoms with Gasteiger partial charge < -0.3 is 15.5 Å². The summed E-state index contributed by atoms with van der Waals surface area (Å²) < 4.78 is 5.37. The van der Waals surface area contributed by atoms with Gasteiger partial charge in [0, 0.05) is 0 Å². The second-order valence-corrected chi connectivity index (χ2v) is 5.08. The summed E-state index contributed by atoms with van der Waals surface area (Å²) in [5.41, 5.74) is 6.56. The van der Waals surface area contributed by atoms with Gasteiger partial charge >= 0.3 is 0 Å². The van der Waals surface area contributed by atoms with Crippen LogP contribution in [-0.4, -0.2) is 5.91 Å². The molecule has 1 unspecified atom stereocenters. The Morgan fingerprint density at radius 2 is 1.90 bits per heavy atom. The minimum atomic E-state index is -0.216. The Morgan fingerprint density at radius 1 is 1.20 bits per heavy atom. The van der Waals surface area contributed by atoms with E-state index in [4.69, 9.17) is 10.2 Å². The summed E-state index contributed by atoms with van der Waals surface area (Å²) in [5, 5.41) is 3.01. The number of nitrogens with two attached hydrogens (primary N) is 1. The van der Waals surface area contributed by atoms with Crippen LogP contribution in [0.5, 0.6) is 0 Å². The number of carbonyl (C=O) groups excluding carboxylic acids is 1. The first-order valence-electron chi connectivity index (χ1n) is 6.76. The molecule has 2 aromatic rings. The molecule has 0 aliphatic carbocycles. The summed E-state index contributed by atoms with van der Waals surface area (Å²) in [4.78, 5) is 12.2. The van der Waals surface area contributed by atoms with Crippen molar-refractivity contribution in [3.63, 3.8) is 0 Å². The van der Waals surface area contributed by atoms with Gasteiger partial charge in [-0.2, -0.15) is 0 Å². The lowest BCUT2D eigenvalue weighted by molar-refractivity contribution is 0.0895. The van der Waals surface area contributed by atoms with E-state index >= 15 is 0 Å². The molecule has 0 bridgehead atoms. The van der Waals surface area contributed by atoms with E-state index in [1.54, 1.807) is 12.1 Å². The van der Waals surface area contributed by atoms with Gasteiger partial charge in [0.05, 0.1) is 12.6 Å². The molecule has 1 atom stereocenters. The molecule has 106 valence electrons. The summed E-state index contributed by atoms with van der Waals surface area (Å²) in [7, 11) is 0. The Labute approximate surface area is 119 Å². The lowest BCUT2D eigenvalue weighted by atomic mass is 9.96. The van der Waals surface area contributed by atoms with Crippen molar-refractivity contribution in [3.8, 4) is 0 Å². The van der Waals surface area contributed by atoms with Crippen molar-refractivity contribution < 1.29 is 9.21 Å². The normalized spacial score (nSPS) is 12.4. The van der Waals surface area contributed by atoms with Crippen molar-refractivity contribution in [3.05, 3.63) is 59.5 Å². The standard InChI is InChI=1S/C16H20N2O2/c1-11(2)15(12-6-4-3-5-7-12)18-16(19)14-9-8-13(10-17)20-14/h3-9,11,15H,10,17H2,1-2H3,(H,18,19). The van der Waals surface area contributed by atoms with Crippen molar-refractivity contribution in [2.75, 3.05) is 0 Å². The van der Waals surface area contributed by atoms with Crippen molar-refractivity contribution in [1.82, 2.24) is 5.32 Å². The van der Waals surface area contributed by atoms with Crippen molar-refractivity contribution in [2.45, 2.75) is 26.4 Å². The Hall–Kier alpha value is -2.07. The van der Waals surface area contributed by atoms with Gasteiger partial charge in [-0.1, -0.05) is 44.2 Å². The average Bonchev–Trinajstić information content (AvgIpc) is 2.94. The lowest BCUT2D eigenvalue weighted by Gasteiger charge is -2.22.